The zero-order valence-corrected chi connectivity index (χ0v) is 9.26. The van der Waals surface area contributed by atoms with Gasteiger partial charge in [-0.1, -0.05) is 27.0 Å². The molecule has 0 aromatic rings. The topological polar surface area (TPSA) is 3.24 Å². The first-order valence-corrected chi connectivity index (χ1v) is 5.09. The van der Waals surface area contributed by atoms with Crippen molar-refractivity contribution in [2.24, 2.45) is 11.8 Å². The van der Waals surface area contributed by atoms with Gasteiger partial charge in [0.2, 0.25) is 0 Å². The lowest BCUT2D eigenvalue weighted by atomic mass is 10.0. The summed E-state index contributed by atoms with van der Waals surface area (Å²) in [6, 6.07) is 0. The number of hydrogen-bond donors (Lipinski definition) is 0. The minimum absolute atomic E-state index is 0.128. The van der Waals surface area contributed by atoms with E-state index < -0.39 is 11.7 Å². The second-order valence-corrected chi connectivity index (χ2v) is 4.17. The molecule has 1 nitrogen and oxygen atoms in total. The van der Waals surface area contributed by atoms with E-state index in [-0.39, 0.29) is 5.70 Å². The molecule has 0 N–H and O–H groups in total. The van der Waals surface area contributed by atoms with Gasteiger partial charge < -0.3 is 4.90 Å². The van der Waals surface area contributed by atoms with Crippen molar-refractivity contribution >= 4 is 0 Å². The van der Waals surface area contributed by atoms with Crippen molar-refractivity contribution in [2.45, 2.75) is 13.8 Å². The molecule has 84 valence electrons. The Hall–Kier alpha value is -1.12. The Kier molecular flexibility index (Phi) is 3.66. The fraction of sp³-hybridized carbons (Fsp3) is 0.500. The average Bonchev–Trinajstić information content (AvgIpc) is 2.56. The summed E-state index contributed by atoms with van der Waals surface area (Å²) in [7, 11) is 0. The Bertz CT molecular complexity index is 297. The summed E-state index contributed by atoms with van der Waals surface area (Å²) in [6.07, 6.45) is 0.865. The van der Waals surface area contributed by atoms with Crippen LogP contribution in [0.15, 0.2) is 36.6 Å². The van der Waals surface area contributed by atoms with Crippen LogP contribution < -0.4 is 0 Å². The van der Waals surface area contributed by atoms with E-state index in [4.69, 9.17) is 0 Å². The average molecular weight is 213 g/mol. The summed E-state index contributed by atoms with van der Waals surface area (Å²) in [5.41, 5.74) is 0.128. The molecule has 1 rings (SSSR count). The third-order valence-corrected chi connectivity index (χ3v) is 3.01. The highest BCUT2D eigenvalue weighted by Gasteiger charge is 2.28. The molecule has 3 heteroatoms. The summed E-state index contributed by atoms with van der Waals surface area (Å²) in [6.45, 7) is 12.4. The smallest absolute Gasteiger partial charge is 0.181 e. The van der Waals surface area contributed by atoms with Gasteiger partial charge in [0.05, 0.1) is 5.70 Å². The van der Waals surface area contributed by atoms with Crippen LogP contribution in [0.3, 0.4) is 0 Å². The van der Waals surface area contributed by atoms with E-state index in [1.54, 1.807) is 4.90 Å². The first kappa shape index (κ1) is 12.0. The van der Waals surface area contributed by atoms with Gasteiger partial charge in [0.25, 0.3) is 0 Å². The SMILES string of the molecule is C=C/C(F)=C(/F)C(=C)N1CC(C)C(C)C1. The third-order valence-electron chi connectivity index (χ3n) is 3.01. The number of hydrogen-bond acceptors (Lipinski definition) is 1. The molecule has 1 aliphatic heterocycles. The van der Waals surface area contributed by atoms with E-state index in [9.17, 15) is 8.78 Å². The summed E-state index contributed by atoms with van der Waals surface area (Å²) in [5.74, 6) is -0.860. The van der Waals surface area contributed by atoms with Gasteiger partial charge in [-0.15, -0.1) is 0 Å². The van der Waals surface area contributed by atoms with E-state index in [0.29, 0.717) is 11.8 Å². The summed E-state index contributed by atoms with van der Waals surface area (Å²) in [4.78, 5) is 1.79. The van der Waals surface area contributed by atoms with Crippen molar-refractivity contribution in [1.29, 1.82) is 0 Å². The second-order valence-electron chi connectivity index (χ2n) is 4.17. The largest absolute Gasteiger partial charge is 0.369 e. The van der Waals surface area contributed by atoms with Crippen molar-refractivity contribution in [2.75, 3.05) is 13.1 Å². The second kappa shape index (κ2) is 4.60. The van der Waals surface area contributed by atoms with Gasteiger partial charge in [-0.2, -0.15) is 0 Å². The molecule has 0 radical (unpaired) electrons. The molecule has 0 amide bonds. The minimum atomic E-state index is -0.938. The summed E-state index contributed by atoms with van der Waals surface area (Å²) < 4.78 is 26.3. The fourth-order valence-electron chi connectivity index (χ4n) is 1.72. The number of likely N-dealkylation sites (tertiary alicyclic amines) is 1. The molecule has 2 atom stereocenters. The van der Waals surface area contributed by atoms with Gasteiger partial charge in [0.1, 0.15) is 0 Å². The molecule has 1 saturated heterocycles. The lowest BCUT2D eigenvalue weighted by Gasteiger charge is -2.19. The van der Waals surface area contributed by atoms with Gasteiger partial charge in [0.15, 0.2) is 11.7 Å². The summed E-state index contributed by atoms with van der Waals surface area (Å²) in [5, 5.41) is 0. The third kappa shape index (κ3) is 2.46. The van der Waals surface area contributed by atoms with Gasteiger partial charge in [-0.05, 0) is 17.9 Å². The Labute approximate surface area is 89.8 Å². The zero-order chi connectivity index (χ0) is 11.6. The molecule has 0 aromatic heterocycles. The number of nitrogens with zero attached hydrogens (tertiary/aromatic N) is 1. The number of halogens is 2. The predicted octanol–water partition coefficient (Wildman–Crippen LogP) is 3.42. The first-order chi connectivity index (χ1) is 6.97. The van der Waals surface area contributed by atoms with E-state index in [2.05, 4.69) is 27.0 Å². The normalized spacial score (nSPS) is 27.6. The Morgan fingerprint density at radius 1 is 1.27 bits per heavy atom. The van der Waals surface area contributed by atoms with Crippen LogP contribution in [0.4, 0.5) is 8.78 Å². The van der Waals surface area contributed by atoms with Gasteiger partial charge in [0, 0.05) is 13.1 Å². The van der Waals surface area contributed by atoms with E-state index >= 15 is 0 Å². The molecular weight excluding hydrogens is 196 g/mol. The monoisotopic (exact) mass is 213 g/mol. The lowest BCUT2D eigenvalue weighted by Crippen LogP contribution is -2.20. The predicted molar refractivity (Wildman–Crippen MR) is 58.5 cm³/mol. The van der Waals surface area contributed by atoms with Crippen molar-refractivity contribution < 1.29 is 8.78 Å². The maximum Gasteiger partial charge on any atom is 0.181 e. The summed E-state index contributed by atoms with van der Waals surface area (Å²) >= 11 is 0. The van der Waals surface area contributed by atoms with Crippen LogP contribution in [0.2, 0.25) is 0 Å². The van der Waals surface area contributed by atoms with Crippen molar-refractivity contribution in [3.05, 3.63) is 36.6 Å². The van der Waals surface area contributed by atoms with Crippen molar-refractivity contribution in [3.8, 4) is 0 Å². The molecule has 0 aliphatic carbocycles. The fourth-order valence-corrected chi connectivity index (χ4v) is 1.72. The van der Waals surface area contributed by atoms with Crippen molar-refractivity contribution in [3.63, 3.8) is 0 Å². The lowest BCUT2D eigenvalue weighted by molar-refractivity contribution is 0.385. The maximum atomic E-state index is 13.4. The molecular formula is C12H17F2N. The van der Waals surface area contributed by atoms with Gasteiger partial charge in [-0.3, -0.25) is 0 Å². The molecule has 0 aromatic carbocycles. The van der Waals surface area contributed by atoms with Crippen LogP contribution in [0, 0.1) is 11.8 Å². The molecule has 0 saturated carbocycles. The van der Waals surface area contributed by atoms with E-state index in [1.165, 1.54) is 0 Å². The Morgan fingerprint density at radius 2 is 1.73 bits per heavy atom. The van der Waals surface area contributed by atoms with E-state index in [1.807, 2.05) is 0 Å². The molecule has 15 heavy (non-hydrogen) atoms. The molecule has 1 aliphatic rings. The standard InChI is InChI=1S/C12H17F2N/c1-5-11(13)12(14)10(4)15-6-8(2)9(3)7-15/h5,8-9H,1,4,6-7H2,2-3H3/b12-11-. The quantitative estimate of drug-likeness (QED) is 0.649. The van der Waals surface area contributed by atoms with Gasteiger partial charge in [-0.25, -0.2) is 8.78 Å². The van der Waals surface area contributed by atoms with Crippen LogP contribution in [0.25, 0.3) is 0 Å². The Morgan fingerprint density at radius 3 is 2.13 bits per heavy atom. The highest BCUT2D eigenvalue weighted by Crippen LogP contribution is 2.29. The van der Waals surface area contributed by atoms with Crippen LogP contribution in [0.5, 0.6) is 0 Å². The number of allylic oxidation sites excluding steroid dienone is 3. The molecule has 0 spiro atoms. The first-order valence-electron chi connectivity index (χ1n) is 5.09. The molecule has 0 bridgehead atoms. The minimum Gasteiger partial charge on any atom is -0.369 e. The van der Waals surface area contributed by atoms with Gasteiger partial charge >= 0.3 is 0 Å². The van der Waals surface area contributed by atoms with Crippen molar-refractivity contribution in [1.82, 2.24) is 4.90 Å². The number of rotatable bonds is 3. The van der Waals surface area contributed by atoms with Crippen LogP contribution in [-0.4, -0.2) is 18.0 Å². The van der Waals surface area contributed by atoms with E-state index in [0.717, 1.165) is 19.2 Å². The molecule has 1 heterocycles. The van der Waals surface area contributed by atoms with Crippen LogP contribution >= 0.6 is 0 Å². The highest BCUT2D eigenvalue weighted by atomic mass is 19.2. The molecule has 2 unspecified atom stereocenters. The van der Waals surface area contributed by atoms with Crippen LogP contribution in [-0.2, 0) is 0 Å². The van der Waals surface area contributed by atoms with Crippen LogP contribution in [0.1, 0.15) is 13.8 Å². The maximum absolute atomic E-state index is 13.4. The highest BCUT2D eigenvalue weighted by molar-refractivity contribution is 5.29. The molecule has 1 fully saturated rings. The zero-order valence-electron chi connectivity index (χ0n) is 9.26. The Balaban J connectivity index is 2.75.